The Bertz CT molecular complexity index is 837. The minimum atomic E-state index is -0.595. The van der Waals surface area contributed by atoms with E-state index in [0.29, 0.717) is 21.7 Å². The number of hydrogen-bond donors (Lipinski definition) is 0. The number of nitrogens with zero attached hydrogens (tertiary/aromatic N) is 2. The molecule has 0 amide bonds. The Morgan fingerprint density at radius 1 is 1.00 bits per heavy atom. The van der Waals surface area contributed by atoms with Gasteiger partial charge in [0.15, 0.2) is 5.75 Å². The molecule has 3 aromatic rings. The highest BCUT2D eigenvalue weighted by molar-refractivity contribution is 6.35. The first-order valence-corrected chi connectivity index (χ1v) is 6.78. The van der Waals surface area contributed by atoms with Crippen molar-refractivity contribution in [3.8, 4) is 5.75 Å². The average Bonchev–Trinajstić information content (AvgIpc) is 2.51. The molecule has 0 aliphatic rings. The molecule has 104 valence electrons. The predicted octanol–water partition coefficient (Wildman–Crippen LogP) is 4.16. The Morgan fingerprint density at radius 2 is 1.76 bits per heavy atom. The molecule has 0 aliphatic carbocycles. The number of ether oxygens (including phenoxy) is 1. The summed E-state index contributed by atoms with van der Waals surface area (Å²) in [5, 5.41) is 1.34. The Morgan fingerprint density at radius 3 is 2.57 bits per heavy atom. The maximum atomic E-state index is 12.2. The number of fused-ring (bicyclic) bond motifs is 1. The van der Waals surface area contributed by atoms with E-state index in [9.17, 15) is 4.79 Å². The molecule has 1 aromatic carbocycles. The second kappa shape index (κ2) is 5.68. The number of hydrogen-bond acceptors (Lipinski definition) is 4. The zero-order chi connectivity index (χ0) is 14.8. The number of halogens is 2. The third kappa shape index (κ3) is 2.68. The van der Waals surface area contributed by atoms with Gasteiger partial charge in [-0.3, -0.25) is 4.98 Å². The van der Waals surface area contributed by atoms with Crippen LogP contribution in [0.4, 0.5) is 0 Å². The highest BCUT2D eigenvalue weighted by Gasteiger charge is 2.15. The van der Waals surface area contributed by atoms with Gasteiger partial charge in [0, 0.05) is 17.8 Å². The molecule has 0 radical (unpaired) electrons. The number of benzene rings is 1. The van der Waals surface area contributed by atoms with Crippen molar-refractivity contribution in [1.82, 2.24) is 9.97 Å². The van der Waals surface area contributed by atoms with Crippen molar-refractivity contribution < 1.29 is 9.53 Å². The molecule has 6 heteroatoms. The lowest BCUT2D eigenvalue weighted by molar-refractivity contribution is 0.0736. The van der Waals surface area contributed by atoms with Crippen LogP contribution in [0.1, 0.15) is 10.4 Å². The molecule has 0 bridgehead atoms. The maximum Gasteiger partial charge on any atom is 0.346 e. The van der Waals surface area contributed by atoms with Gasteiger partial charge in [-0.2, -0.15) is 0 Å². The van der Waals surface area contributed by atoms with Crippen molar-refractivity contribution in [2.75, 3.05) is 0 Å². The minimum Gasteiger partial charge on any atom is -0.421 e. The summed E-state index contributed by atoms with van der Waals surface area (Å²) in [6.07, 6.45) is 3.10. The molecule has 0 fully saturated rings. The molecule has 0 unspecified atom stereocenters. The van der Waals surface area contributed by atoms with E-state index in [1.165, 1.54) is 6.20 Å². The molecule has 0 atom stereocenters. The third-order valence-corrected chi connectivity index (χ3v) is 3.49. The number of aromatic nitrogens is 2. The summed E-state index contributed by atoms with van der Waals surface area (Å²) in [6.45, 7) is 0. The highest BCUT2D eigenvalue weighted by Crippen LogP contribution is 2.30. The van der Waals surface area contributed by atoms with Crippen LogP contribution in [0.25, 0.3) is 10.9 Å². The van der Waals surface area contributed by atoms with E-state index in [2.05, 4.69) is 9.97 Å². The van der Waals surface area contributed by atoms with Crippen LogP contribution in [0.15, 0.2) is 48.8 Å². The maximum absolute atomic E-state index is 12.2. The quantitative estimate of drug-likeness (QED) is 0.404. The summed E-state index contributed by atoms with van der Waals surface area (Å²) in [5.41, 5.74) is 0.705. The summed E-state index contributed by atoms with van der Waals surface area (Å²) >= 11 is 12.0. The molecule has 4 nitrogen and oxygen atoms in total. The van der Waals surface area contributed by atoms with E-state index in [-0.39, 0.29) is 10.7 Å². The first-order valence-electron chi connectivity index (χ1n) is 6.03. The van der Waals surface area contributed by atoms with Crippen LogP contribution >= 0.6 is 23.2 Å². The summed E-state index contributed by atoms with van der Waals surface area (Å²) in [7, 11) is 0. The molecule has 3 rings (SSSR count). The van der Waals surface area contributed by atoms with Crippen molar-refractivity contribution in [2.45, 2.75) is 0 Å². The van der Waals surface area contributed by atoms with Crippen LogP contribution in [0.2, 0.25) is 10.2 Å². The normalized spacial score (nSPS) is 10.6. The molecule has 0 aliphatic heterocycles. The van der Waals surface area contributed by atoms with Gasteiger partial charge in [-0.05, 0) is 36.4 Å². The van der Waals surface area contributed by atoms with Gasteiger partial charge in [0.25, 0.3) is 0 Å². The molecule has 0 N–H and O–H groups in total. The van der Waals surface area contributed by atoms with Crippen LogP contribution in [0, 0.1) is 0 Å². The molecular weight excluding hydrogens is 311 g/mol. The number of esters is 1. The molecule has 0 saturated carbocycles. The predicted molar refractivity (Wildman–Crippen MR) is 81.0 cm³/mol. The summed E-state index contributed by atoms with van der Waals surface area (Å²) in [5.74, 6) is -0.276. The second-order valence-electron chi connectivity index (χ2n) is 4.18. The average molecular weight is 319 g/mol. The Balaban J connectivity index is 2.01. The van der Waals surface area contributed by atoms with E-state index in [1.807, 2.05) is 0 Å². The van der Waals surface area contributed by atoms with Crippen molar-refractivity contribution in [2.24, 2.45) is 0 Å². The minimum absolute atomic E-state index is 0.0914. The van der Waals surface area contributed by atoms with E-state index in [0.717, 1.165) is 0 Å². The van der Waals surface area contributed by atoms with Gasteiger partial charge in [-0.25, -0.2) is 9.78 Å². The third-order valence-electron chi connectivity index (χ3n) is 2.86. The van der Waals surface area contributed by atoms with Gasteiger partial charge in [-0.15, -0.1) is 0 Å². The van der Waals surface area contributed by atoms with Gasteiger partial charge in [0.05, 0.1) is 10.6 Å². The fourth-order valence-electron chi connectivity index (χ4n) is 1.89. The zero-order valence-electron chi connectivity index (χ0n) is 10.6. The molecule has 2 heterocycles. The first-order chi connectivity index (χ1) is 10.2. The lowest BCUT2D eigenvalue weighted by atomic mass is 10.2. The Kier molecular flexibility index (Phi) is 3.73. The standard InChI is InChI=1S/C15H8Cl2N2O2/c16-11-5-6-12(13-9(11)3-1-7-18-13)21-15(20)10-4-2-8-19-14(10)17/h1-8H. The largest absolute Gasteiger partial charge is 0.421 e. The van der Waals surface area contributed by atoms with Crippen molar-refractivity contribution >= 4 is 40.1 Å². The van der Waals surface area contributed by atoms with Crippen LogP contribution in [-0.2, 0) is 0 Å². The van der Waals surface area contributed by atoms with Gasteiger partial charge >= 0.3 is 5.97 Å². The number of carbonyl (C=O) groups excluding carboxylic acids is 1. The number of carbonyl (C=O) groups is 1. The fraction of sp³-hybridized carbons (Fsp3) is 0. The lowest BCUT2D eigenvalue weighted by Crippen LogP contribution is -2.10. The van der Waals surface area contributed by atoms with E-state index < -0.39 is 5.97 Å². The molecule has 2 aromatic heterocycles. The van der Waals surface area contributed by atoms with E-state index >= 15 is 0 Å². The van der Waals surface area contributed by atoms with Crippen LogP contribution in [-0.4, -0.2) is 15.9 Å². The van der Waals surface area contributed by atoms with Crippen LogP contribution < -0.4 is 4.74 Å². The van der Waals surface area contributed by atoms with E-state index in [4.69, 9.17) is 27.9 Å². The summed E-state index contributed by atoms with van der Waals surface area (Å²) in [4.78, 5) is 20.2. The van der Waals surface area contributed by atoms with Crippen molar-refractivity contribution in [3.05, 3.63) is 64.5 Å². The van der Waals surface area contributed by atoms with Gasteiger partial charge in [0.1, 0.15) is 10.7 Å². The van der Waals surface area contributed by atoms with Crippen LogP contribution in [0.3, 0.4) is 0 Å². The summed E-state index contributed by atoms with van der Waals surface area (Å²) < 4.78 is 5.37. The van der Waals surface area contributed by atoms with Crippen molar-refractivity contribution in [3.63, 3.8) is 0 Å². The van der Waals surface area contributed by atoms with Gasteiger partial charge in [-0.1, -0.05) is 23.2 Å². The SMILES string of the molecule is O=C(Oc1ccc(Cl)c2cccnc12)c1cccnc1Cl. The smallest absolute Gasteiger partial charge is 0.346 e. The zero-order valence-corrected chi connectivity index (χ0v) is 12.1. The molecular formula is C15H8Cl2N2O2. The van der Waals surface area contributed by atoms with E-state index in [1.54, 1.807) is 42.6 Å². The highest BCUT2D eigenvalue weighted by atomic mass is 35.5. The Hall–Kier alpha value is -2.17. The fourth-order valence-corrected chi connectivity index (χ4v) is 2.30. The lowest BCUT2D eigenvalue weighted by Gasteiger charge is -2.08. The molecule has 0 saturated heterocycles. The van der Waals surface area contributed by atoms with Gasteiger partial charge < -0.3 is 4.74 Å². The number of rotatable bonds is 2. The van der Waals surface area contributed by atoms with Gasteiger partial charge in [0.2, 0.25) is 0 Å². The second-order valence-corrected chi connectivity index (χ2v) is 4.94. The molecule has 21 heavy (non-hydrogen) atoms. The summed E-state index contributed by atoms with van der Waals surface area (Å²) in [6, 6.07) is 9.97. The Labute approximate surface area is 130 Å². The first kappa shape index (κ1) is 13.8. The topological polar surface area (TPSA) is 52.1 Å². The molecule has 0 spiro atoms. The monoisotopic (exact) mass is 318 g/mol. The van der Waals surface area contributed by atoms with Crippen molar-refractivity contribution in [1.29, 1.82) is 0 Å². The van der Waals surface area contributed by atoms with Crippen LogP contribution in [0.5, 0.6) is 5.75 Å². The number of pyridine rings is 2.